The van der Waals surface area contributed by atoms with Crippen LogP contribution in [-0.2, 0) is 28.8 Å². The van der Waals surface area contributed by atoms with Gasteiger partial charge in [-0.05, 0) is 69.9 Å². The van der Waals surface area contributed by atoms with Gasteiger partial charge in [0.1, 0.15) is 12.7 Å². The Kier molecular flexibility index (Phi) is 11.0. The zero-order chi connectivity index (χ0) is 36.4. The molecule has 49 heavy (non-hydrogen) atoms. The van der Waals surface area contributed by atoms with Crippen LogP contribution in [0.25, 0.3) is 0 Å². The van der Waals surface area contributed by atoms with Crippen LogP contribution in [0.4, 0.5) is 9.18 Å². The lowest BCUT2D eigenvalue weighted by atomic mass is 9.44. The molecule has 2 amide bonds. The number of rotatable bonds is 15. The summed E-state index contributed by atoms with van der Waals surface area (Å²) in [4.78, 5) is 79.0. The number of aliphatic hydroxyl groups excluding tert-OH is 2. The molecule has 4 rings (SSSR count). The molecular formula is C30H41FN4O14. The van der Waals surface area contributed by atoms with Crippen molar-refractivity contribution in [2.24, 2.45) is 22.7 Å². The van der Waals surface area contributed by atoms with E-state index in [0.717, 1.165) is 0 Å². The number of carbonyl (C=O) groups excluding carboxylic acids is 4. The van der Waals surface area contributed by atoms with E-state index in [4.69, 9.17) is 4.74 Å². The van der Waals surface area contributed by atoms with Gasteiger partial charge in [0.15, 0.2) is 23.7 Å². The molecule has 0 aromatic carbocycles. The Hall–Kier alpha value is -4.23. The van der Waals surface area contributed by atoms with E-state index < -0.39 is 106 Å². The monoisotopic (exact) mass is 700 g/mol. The molecule has 4 aliphatic carbocycles. The normalized spacial score (nSPS) is 35.1. The number of alkyl halides is 1. The van der Waals surface area contributed by atoms with Crippen molar-refractivity contribution in [3.8, 4) is 0 Å². The smallest absolute Gasteiger partial charge is 0.408 e. The zero-order valence-electron chi connectivity index (χ0n) is 27.0. The van der Waals surface area contributed by atoms with Crippen LogP contribution in [0.2, 0.25) is 0 Å². The number of allylic oxidation sites excluding steroid dienone is 4. The van der Waals surface area contributed by atoms with Crippen LogP contribution >= 0.6 is 0 Å². The van der Waals surface area contributed by atoms with Gasteiger partial charge in [0.05, 0.1) is 18.8 Å². The van der Waals surface area contributed by atoms with Gasteiger partial charge in [-0.25, -0.2) is 9.18 Å². The van der Waals surface area contributed by atoms with Gasteiger partial charge in [-0.3, -0.25) is 14.4 Å². The van der Waals surface area contributed by atoms with Gasteiger partial charge in [0.2, 0.25) is 11.7 Å². The Balaban J connectivity index is 1.27. The lowest BCUT2D eigenvalue weighted by molar-refractivity contribution is -0.790. The molecule has 4 aliphatic rings. The van der Waals surface area contributed by atoms with Crippen molar-refractivity contribution in [2.75, 3.05) is 26.3 Å². The zero-order valence-corrected chi connectivity index (χ0v) is 27.0. The Labute approximate surface area is 279 Å². The summed E-state index contributed by atoms with van der Waals surface area (Å²) in [6.07, 6.45) is -0.975. The van der Waals surface area contributed by atoms with Gasteiger partial charge in [0, 0.05) is 23.3 Å². The van der Waals surface area contributed by atoms with E-state index in [-0.39, 0.29) is 38.0 Å². The third-order valence-electron chi connectivity index (χ3n) is 10.9. The van der Waals surface area contributed by atoms with Crippen molar-refractivity contribution in [2.45, 2.75) is 88.4 Å². The molecule has 19 heteroatoms. The Morgan fingerprint density at radius 2 is 1.82 bits per heavy atom. The van der Waals surface area contributed by atoms with Gasteiger partial charge in [0.25, 0.3) is 10.2 Å². The van der Waals surface area contributed by atoms with Crippen molar-refractivity contribution < 1.29 is 63.5 Å². The fraction of sp³-hybridized carbons (Fsp3) is 0.733. The summed E-state index contributed by atoms with van der Waals surface area (Å²) in [5.41, 5.74) is -6.99. The summed E-state index contributed by atoms with van der Waals surface area (Å²) in [5, 5.41) is 57.4. The second kappa shape index (κ2) is 14.3. The van der Waals surface area contributed by atoms with Crippen LogP contribution < -0.4 is 10.6 Å². The van der Waals surface area contributed by atoms with Gasteiger partial charge < -0.3 is 40.4 Å². The molecule has 0 bridgehead atoms. The summed E-state index contributed by atoms with van der Waals surface area (Å²) >= 11 is 0. The average molecular weight is 701 g/mol. The van der Waals surface area contributed by atoms with E-state index in [1.807, 2.05) is 0 Å². The molecule has 3 saturated carbocycles. The third kappa shape index (κ3) is 6.96. The summed E-state index contributed by atoms with van der Waals surface area (Å²) in [6, 6.07) is 0. The number of amides is 2. The molecule has 0 aliphatic heterocycles. The minimum Gasteiger partial charge on any atom is -0.441 e. The fourth-order valence-electron chi connectivity index (χ4n) is 8.39. The topological polar surface area (TPSA) is 267 Å². The van der Waals surface area contributed by atoms with E-state index in [2.05, 4.69) is 20.3 Å². The highest BCUT2D eigenvalue weighted by molar-refractivity contribution is 6.01. The first-order valence-corrected chi connectivity index (χ1v) is 15.9. The van der Waals surface area contributed by atoms with Crippen molar-refractivity contribution in [1.82, 2.24) is 10.6 Å². The first-order chi connectivity index (χ1) is 22.9. The fourth-order valence-corrected chi connectivity index (χ4v) is 8.39. The molecule has 0 saturated heterocycles. The first-order valence-electron chi connectivity index (χ1n) is 15.9. The maximum absolute atomic E-state index is 17.2. The number of halogens is 1. The number of hydrogen-bond donors (Lipinski definition) is 5. The number of unbranched alkanes of at least 4 members (excludes halogenated alkanes) is 1. The van der Waals surface area contributed by atoms with Gasteiger partial charge >= 0.3 is 6.09 Å². The van der Waals surface area contributed by atoms with Gasteiger partial charge in [-0.2, -0.15) is 0 Å². The van der Waals surface area contributed by atoms with Crippen molar-refractivity contribution in [3.63, 3.8) is 0 Å². The molecule has 1 unspecified atom stereocenters. The predicted molar refractivity (Wildman–Crippen MR) is 161 cm³/mol. The minimum absolute atomic E-state index is 0.0234. The van der Waals surface area contributed by atoms with Crippen molar-refractivity contribution in [1.29, 1.82) is 0 Å². The maximum Gasteiger partial charge on any atom is 0.408 e. The highest BCUT2D eigenvalue weighted by atomic mass is 19.1. The van der Waals surface area contributed by atoms with Gasteiger partial charge in [-0.15, -0.1) is 20.2 Å². The number of Topliss-reactive ketones (excluding diaryl/α,β-unsaturated/α-hetero) is 1. The van der Waals surface area contributed by atoms with E-state index >= 15 is 4.39 Å². The summed E-state index contributed by atoms with van der Waals surface area (Å²) in [6.45, 7) is 0.994. The number of aliphatic hydroxyl groups is 3. The number of nitrogens with zero attached hydrogens (tertiary/aromatic N) is 2. The Morgan fingerprint density at radius 1 is 1.10 bits per heavy atom. The van der Waals surface area contributed by atoms with E-state index in [1.165, 1.54) is 25.2 Å². The van der Waals surface area contributed by atoms with Crippen LogP contribution in [-0.4, -0.2) is 105 Å². The number of alkyl carbamates (subject to hydrolysis) is 1. The van der Waals surface area contributed by atoms with E-state index in [0.29, 0.717) is 18.4 Å². The lowest BCUT2D eigenvalue weighted by Crippen LogP contribution is -2.69. The Bertz CT molecular complexity index is 1430. The van der Waals surface area contributed by atoms with Crippen LogP contribution in [0.3, 0.4) is 0 Å². The first kappa shape index (κ1) is 37.6. The lowest BCUT2D eigenvalue weighted by Gasteiger charge is -2.62. The summed E-state index contributed by atoms with van der Waals surface area (Å²) < 4.78 is 22.2. The SMILES string of the molecule is C[C@]12C=CC(=O)C=C1CC[C@H]1[C@@H]3C[C@@H](O)[C@](O)(C(=O)COC(=O)NCC(=O)NCCCCC(CO[N+](=O)[O-])O[N+](=O)[O-])[C@@]3(C)C[C@H](O)[C@@]12F. The van der Waals surface area contributed by atoms with Crippen LogP contribution in [0.1, 0.15) is 58.8 Å². The second-order valence-corrected chi connectivity index (χ2v) is 13.5. The number of ether oxygens (including phenoxy) is 1. The molecule has 0 heterocycles. The quantitative estimate of drug-likeness (QED) is 0.0881. The van der Waals surface area contributed by atoms with Crippen LogP contribution in [0, 0.1) is 42.9 Å². The molecule has 18 nitrogen and oxygen atoms in total. The highest BCUT2D eigenvalue weighted by Gasteiger charge is 2.76. The average Bonchev–Trinajstić information content (AvgIpc) is 3.23. The van der Waals surface area contributed by atoms with Crippen molar-refractivity contribution >= 4 is 23.6 Å². The molecule has 0 radical (unpaired) electrons. The molecule has 3 fully saturated rings. The number of hydrogen-bond acceptors (Lipinski definition) is 14. The number of nitrogens with one attached hydrogen (secondary N) is 2. The number of ketones is 2. The van der Waals surface area contributed by atoms with Crippen LogP contribution in [0.15, 0.2) is 23.8 Å². The summed E-state index contributed by atoms with van der Waals surface area (Å²) in [5.74, 6) is -3.61. The number of carbonyl (C=O) groups is 4. The number of fused-ring (bicyclic) bond motifs is 5. The van der Waals surface area contributed by atoms with Crippen molar-refractivity contribution in [3.05, 3.63) is 44.0 Å². The molecule has 5 N–H and O–H groups in total. The minimum atomic E-state index is -2.49. The molecule has 0 aromatic rings. The second-order valence-electron chi connectivity index (χ2n) is 13.5. The van der Waals surface area contributed by atoms with E-state index in [9.17, 15) is 54.7 Å². The summed E-state index contributed by atoms with van der Waals surface area (Å²) in [7, 11) is 0. The predicted octanol–water partition coefficient (Wildman–Crippen LogP) is 0.426. The maximum atomic E-state index is 17.2. The molecule has 0 spiro atoms. The van der Waals surface area contributed by atoms with Crippen LogP contribution in [0.5, 0.6) is 0 Å². The standard InChI is InChI=1S/C30H41FN4O14/c1-27-9-8-18(36)11-17(27)6-7-20-21-12-22(37)30(42,28(21,2)13-23(38)29(20,27)31)24(39)16-47-26(41)33-14-25(40)32-10-4-3-5-19(49-35(45)46)15-48-34(43)44/h8-9,11,19-23,37-38,42H,3-7,10,12-16H2,1-2H3,(H,32,40)(H,33,41)/t19?,20-,21-,22+,23-,27-,28-,29-,30-/m0/s1. The molecule has 0 aromatic heterocycles. The molecule has 272 valence electrons. The van der Waals surface area contributed by atoms with Gasteiger partial charge in [-0.1, -0.05) is 18.6 Å². The largest absolute Gasteiger partial charge is 0.441 e. The molecular weight excluding hydrogens is 659 g/mol. The third-order valence-corrected chi connectivity index (χ3v) is 10.9. The highest BCUT2D eigenvalue weighted by Crippen LogP contribution is 2.69. The van der Waals surface area contributed by atoms with E-state index in [1.54, 1.807) is 6.92 Å². The Morgan fingerprint density at radius 3 is 2.49 bits per heavy atom. The molecule has 9 atom stereocenters.